The molecule has 21 heavy (non-hydrogen) atoms. The first-order chi connectivity index (χ1) is 10.3. The summed E-state index contributed by atoms with van der Waals surface area (Å²) in [4.78, 5) is 14.2. The van der Waals surface area contributed by atoms with E-state index in [1.807, 2.05) is 4.90 Å². The molecular weight excluding hydrogens is 268 g/mol. The number of nitrogens with zero attached hydrogens (tertiary/aromatic N) is 1. The van der Waals surface area contributed by atoms with E-state index in [0.717, 1.165) is 58.5 Å². The zero-order valence-electron chi connectivity index (χ0n) is 12.9. The maximum Gasteiger partial charge on any atom is 0.224 e. The molecule has 0 aromatic carbocycles. The third kappa shape index (κ3) is 3.96. The largest absolute Gasteiger partial charge is 0.378 e. The lowest BCUT2D eigenvalue weighted by Gasteiger charge is -2.39. The number of carbonyl (C=O) groups is 1. The first kappa shape index (κ1) is 15.3. The standard InChI is InChI=1S/C16H28N2O3/c19-15(3-11-20-12-14-2-1-10-21-14)18-8-5-16(6-9-18)4-7-17-13-16/h14,17H,1-13H2. The summed E-state index contributed by atoms with van der Waals surface area (Å²) in [6.45, 7) is 6.16. The highest BCUT2D eigenvalue weighted by Crippen LogP contribution is 2.36. The minimum atomic E-state index is 0.253. The number of hydrogen-bond donors (Lipinski definition) is 1. The number of nitrogens with one attached hydrogen (secondary N) is 1. The average molecular weight is 296 g/mol. The van der Waals surface area contributed by atoms with Gasteiger partial charge in [0.1, 0.15) is 0 Å². The summed E-state index contributed by atoms with van der Waals surface area (Å²) < 4.78 is 11.1. The summed E-state index contributed by atoms with van der Waals surface area (Å²) in [5, 5.41) is 3.46. The number of piperidine rings is 1. The predicted octanol–water partition coefficient (Wildman–Crippen LogP) is 1.17. The van der Waals surface area contributed by atoms with Crippen LogP contribution in [0.4, 0.5) is 0 Å². The van der Waals surface area contributed by atoms with Gasteiger partial charge in [0.2, 0.25) is 5.91 Å². The molecule has 0 aromatic heterocycles. The van der Waals surface area contributed by atoms with Gasteiger partial charge in [0.15, 0.2) is 0 Å². The van der Waals surface area contributed by atoms with Gasteiger partial charge in [-0.3, -0.25) is 4.79 Å². The molecule has 3 saturated heterocycles. The van der Waals surface area contributed by atoms with Crippen LogP contribution in [0.5, 0.6) is 0 Å². The van der Waals surface area contributed by atoms with E-state index in [0.29, 0.717) is 25.0 Å². The Labute approximate surface area is 127 Å². The molecule has 5 nitrogen and oxygen atoms in total. The second-order valence-electron chi connectivity index (χ2n) is 6.77. The molecule has 0 bridgehead atoms. The van der Waals surface area contributed by atoms with Crippen molar-refractivity contribution in [2.45, 2.75) is 44.6 Å². The zero-order chi connectivity index (χ0) is 14.5. The van der Waals surface area contributed by atoms with Gasteiger partial charge >= 0.3 is 0 Å². The van der Waals surface area contributed by atoms with Crippen LogP contribution in [0, 0.1) is 5.41 Å². The monoisotopic (exact) mass is 296 g/mol. The van der Waals surface area contributed by atoms with E-state index >= 15 is 0 Å². The average Bonchev–Trinajstić information content (AvgIpc) is 3.16. The Morgan fingerprint density at radius 2 is 2.19 bits per heavy atom. The maximum absolute atomic E-state index is 12.2. The number of likely N-dealkylation sites (tertiary alicyclic amines) is 1. The van der Waals surface area contributed by atoms with Gasteiger partial charge in [-0.05, 0) is 44.1 Å². The van der Waals surface area contributed by atoms with Crippen LogP contribution < -0.4 is 5.32 Å². The molecule has 3 aliphatic heterocycles. The van der Waals surface area contributed by atoms with E-state index in [1.54, 1.807) is 0 Å². The molecule has 3 rings (SSSR count). The van der Waals surface area contributed by atoms with Crippen LogP contribution in [0.3, 0.4) is 0 Å². The van der Waals surface area contributed by atoms with Crippen molar-refractivity contribution in [2.75, 3.05) is 46.0 Å². The van der Waals surface area contributed by atoms with Crippen molar-refractivity contribution in [3.63, 3.8) is 0 Å². The molecule has 1 spiro atoms. The zero-order valence-corrected chi connectivity index (χ0v) is 12.9. The molecule has 120 valence electrons. The van der Waals surface area contributed by atoms with E-state index < -0.39 is 0 Å². The molecule has 1 amide bonds. The Morgan fingerprint density at radius 1 is 1.33 bits per heavy atom. The normalized spacial score (nSPS) is 28.4. The smallest absolute Gasteiger partial charge is 0.224 e. The molecule has 5 heteroatoms. The number of ether oxygens (including phenoxy) is 2. The fourth-order valence-electron chi connectivity index (χ4n) is 3.76. The van der Waals surface area contributed by atoms with Crippen LogP contribution in [-0.4, -0.2) is 62.9 Å². The van der Waals surface area contributed by atoms with Gasteiger partial charge in [-0.2, -0.15) is 0 Å². The van der Waals surface area contributed by atoms with E-state index in [9.17, 15) is 4.79 Å². The molecule has 0 saturated carbocycles. The molecule has 3 aliphatic rings. The van der Waals surface area contributed by atoms with Crippen LogP contribution in [0.25, 0.3) is 0 Å². The van der Waals surface area contributed by atoms with Crippen LogP contribution >= 0.6 is 0 Å². The van der Waals surface area contributed by atoms with Gasteiger partial charge < -0.3 is 19.7 Å². The molecule has 3 fully saturated rings. The summed E-state index contributed by atoms with van der Waals surface area (Å²) in [6, 6.07) is 0. The highest BCUT2D eigenvalue weighted by molar-refractivity contribution is 5.76. The molecule has 1 unspecified atom stereocenters. The number of amides is 1. The molecule has 0 aliphatic carbocycles. The summed E-state index contributed by atoms with van der Waals surface area (Å²) in [6.07, 6.45) is 6.58. The van der Waals surface area contributed by atoms with Crippen molar-refractivity contribution in [1.29, 1.82) is 0 Å². The summed E-state index contributed by atoms with van der Waals surface area (Å²) in [5.74, 6) is 0.253. The molecule has 1 atom stereocenters. The third-order valence-corrected chi connectivity index (χ3v) is 5.30. The molecular formula is C16H28N2O3. The fourth-order valence-corrected chi connectivity index (χ4v) is 3.76. The number of rotatable bonds is 5. The van der Waals surface area contributed by atoms with Crippen molar-refractivity contribution >= 4 is 5.91 Å². The topological polar surface area (TPSA) is 50.8 Å². The second-order valence-corrected chi connectivity index (χ2v) is 6.77. The molecule has 0 aromatic rings. The second kappa shape index (κ2) is 7.07. The maximum atomic E-state index is 12.2. The van der Waals surface area contributed by atoms with Crippen LogP contribution in [0.1, 0.15) is 38.5 Å². The van der Waals surface area contributed by atoms with E-state index in [-0.39, 0.29) is 12.0 Å². The lowest BCUT2D eigenvalue weighted by molar-refractivity contribution is -0.134. The number of carbonyl (C=O) groups excluding carboxylic acids is 1. The van der Waals surface area contributed by atoms with Gasteiger partial charge in [0.05, 0.1) is 25.7 Å². The van der Waals surface area contributed by atoms with Gasteiger partial charge in [0.25, 0.3) is 0 Å². The summed E-state index contributed by atoms with van der Waals surface area (Å²) >= 11 is 0. The molecule has 3 heterocycles. The van der Waals surface area contributed by atoms with Gasteiger partial charge in [-0.15, -0.1) is 0 Å². The van der Waals surface area contributed by atoms with Crippen molar-refractivity contribution in [2.24, 2.45) is 5.41 Å². The van der Waals surface area contributed by atoms with Crippen molar-refractivity contribution in [3.8, 4) is 0 Å². The SMILES string of the molecule is O=C(CCOCC1CCCO1)N1CCC2(CCNC2)CC1. The van der Waals surface area contributed by atoms with Crippen molar-refractivity contribution in [1.82, 2.24) is 10.2 Å². The molecule has 1 N–H and O–H groups in total. The lowest BCUT2D eigenvalue weighted by atomic mass is 9.78. The van der Waals surface area contributed by atoms with Crippen molar-refractivity contribution < 1.29 is 14.3 Å². The van der Waals surface area contributed by atoms with Crippen LogP contribution in [0.15, 0.2) is 0 Å². The van der Waals surface area contributed by atoms with Crippen LogP contribution in [0.2, 0.25) is 0 Å². The number of hydrogen-bond acceptors (Lipinski definition) is 4. The third-order valence-electron chi connectivity index (χ3n) is 5.30. The summed E-state index contributed by atoms with van der Waals surface area (Å²) in [5.41, 5.74) is 0.479. The Bertz CT molecular complexity index is 339. The van der Waals surface area contributed by atoms with Gasteiger partial charge in [-0.1, -0.05) is 0 Å². The highest BCUT2D eigenvalue weighted by Gasteiger charge is 2.37. The fraction of sp³-hybridized carbons (Fsp3) is 0.938. The Hall–Kier alpha value is -0.650. The first-order valence-electron chi connectivity index (χ1n) is 8.45. The highest BCUT2D eigenvalue weighted by atomic mass is 16.5. The predicted molar refractivity (Wildman–Crippen MR) is 80.1 cm³/mol. The first-order valence-corrected chi connectivity index (χ1v) is 8.45. The van der Waals surface area contributed by atoms with E-state index in [4.69, 9.17) is 9.47 Å². The van der Waals surface area contributed by atoms with Gasteiger partial charge in [-0.25, -0.2) is 0 Å². The van der Waals surface area contributed by atoms with Gasteiger partial charge in [0, 0.05) is 26.2 Å². The van der Waals surface area contributed by atoms with Crippen molar-refractivity contribution in [3.05, 3.63) is 0 Å². The Morgan fingerprint density at radius 3 is 2.86 bits per heavy atom. The van der Waals surface area contributed by atoms with E-state index in [2.05, 4.69) is 5.32 Å². The minimum absolute atomic E-state index is 0.253. The molecule has 0 radical (unpaired) electrons. The van der Waals surface area contributed by atoms with E-state index in [1.165, 1.54) is 6.42 Å². The van der Waals surface area contributed by atoms with Crippen LogP contribution in [-0.2, 0) is 14.3 Å². The summed E-state index contributed by atoms with van der Waals surface area (Å²) in [7, 11) is 0. The lowest BCUT2D eigenvalue weighted by Crippen LogP contribution is -2.44. The quantitative estimate of drug-likeness (QED) is 0.774. The minimum Gasteiger partial charge on any atom is -0.378 e. The Kier molecular flexibility index (Phi) is 5.14. The Balaban J connectivity index is 1.30.